The number of hydrogen-bond donors (Lipinski definition) is 1. The van der Waals surface area contributed by atoms with E-state index in [2.05, 4.69) is 6.58 Å². The molecule has 2 rings (SSSR count). The molecule has 0 heterocycles. The molecule has 120 valence electrons. The minimum Gasteiger partial charge on any atom is -0.545 e. The van der Waals surface area contributed by atoms with Gasteiger partial charge in [0.1, 0.15) is 0 Å². The van der Waals surface area contributed by atoms with Crippen LogP contribution in [-0.4, -0.2) is 23.0 Å². The Labute approximate surface area is 151 Å². The maximum Gasteiger partial charge on any atom is 2.00 e. The third-order valence-electron chi connectivity index (χ3n) is 2.20. The Kier molecular flexibility index (Phi) is 13.5. The van der Waals surface area contributed by atoms with Crippen molar-refractivity contribution in [3.8, 4) is 0 Å². The number of carboxylic acids is 3. The Balaban J connectivity index is 0. The molecule has 2 aromatic rings. The first-order chi connectivity index (χ1) is 10.9. The molecule has 0 aliphatic heterocycles. The molecule has 0 aromatic heterocycles. The van der Waals surface area contributed by atoms with E-state index in [-0.39, 0.29) is 25.0 Å². The molecule has 0 atom stereocenters. The molecule has 6 nitrogen and oxygen atoms in total. The first-order valence-electron chi connectivity index (χ1n) is 6.26. The van der Waals surface area contributed by atoms with E-state index < -0.39 is 17.9 Å². The van der Waals surface area contributed by atoms with Crippen LogP contribution in [0.5, 0.6) is 0 Å². The predicted octanol–water partition coefficient (Wildman–Crippen LogP) is 0.355. The van der Waals surface area contributed by atoms with Crippen molar-refractivity contribution < 1.29 is 49.2 Å². The molecule has 1 N–H and O–H groups in total. The number of aliphatic carboxylic acids is 1. The summed E-state index contributed by atoms with van der Waals surface area (Å²) in [7, 11) is 0. The van der Waals surface area contributed by atoms with Crippen LogP contribution < -0.4 is 10.2 Å². The second kappa shape index (κ2) is 13.8. The maximum absolute atomic E-state index is 10.2. The molecule has 2 aromatic carbocycles. The zero-order valence-corrected chi connectivity index (χ0v) is 15.7. The van der Waals surface area contributed by atoms with Gasteiger partial charge in [-0.1, -0.05) is 55.1 Å². The second-order valence-electron chi connectivity index (χ2n) is 3.85. The average Bonchev–Trinajstić information content (AvgIpc) is 2.57. The van der Waals surface area contributed by atoms with Crippen molar-refractivity contribution in [1.82, 2.24) is 0 Å². The summed E-state index contributed by atoms with van der Waals surface area (Å²) in [5, 5.41) is 27.6. The number of aromatic carboxylic acids is 2. The van der Waals surface area contributed by atoms with Gasteiger partial charge < -0.3 is 24.9 Å². The normalized spacial score (nSPS) is 8.00. The number of rotatable bonds is 3. The Morgan fingerprint density at radius 2 is 1.17 bits per heavy atom. The minimum atomic E-state index is -1.23. The van der Waals surface area contributed by atoms with Crippen molar-refractivity contribution in [2.24, 2.45) is 0 Å². The fourth-order valence-electron chi connectivity index (χ4n) is 1.15. The van der Waals surface area contributed by atoms with Gasteiger partial charge in [-0.05, 0) is 23.8 Å². The van der Waals surface area contributed by atoms with Gasteiger partial charge in [0, 0.05) is 0 Å². The molecule has 0 amide bonds. The van der Waals surface area contributed by atoms with Crippen LogP contribution in [0.1, 0.15) is 20.7 Å². The van der Waals surface area contributed by atoms with Crippen molar-refractivity contribution in [3.05, 3.63) is 84.4 Å². The van der Waals surface area contributed by atoms with Gasteiger partial charge in [-0.3, -0.25) is 0 Å². The van der Waals surface area contributed by atoms with Crippen molar-refractivity contribution in [2.75, 3.05) is 0 Å². The second-order valence-corrected chi connectivity index (χ2v) is 3.85. The van der Waals surface area contributed by atoms with E-state index in [0.717, 1.165) is 6.08 Å². The van der Waals surface area contributed by atoms with Crippen molar-refractivity contribution in [2.45, 2.75) is 0 Å². The van der Waals surface area contributed by atoms with Gasteiger partial charge in [-0.2, -0.15) is 0 Å². The summed E-state index contributed by atoms with van der Waals surface area (Å²) in [6, 6.07) is 16.4. The van der Waals surface area contributed by atoms with E-state index in [1.165, 1.54) is 12.1 Å². The SMILES string of the molecule is C=CC(=O)[O-].O=C(O)c1ccccc1.O=C([O-])c1ccccc1.[Zn+2]. The Morgan fingerprint density at radius 3 is 1.33 bits per heavy atom. The van der Waals surface area contributed by atoms with Gasteiger partial charge >= 0.3 is 25.4 Å². The summed E-state index contributed by atoms with van der Waals surface area (Å²) in [6.45, 7) is 2.90. The van der Waals surface area contributed by atoms with Gasteiger partial charge in [0.05, 0.1) is 17.5 Å². The van der Waals surface area contributed by atoms with E-state index in [0.29, 0.717) is 5.56 Å². The van der Waals surface area contributed by atoms with Crippen LogP contribution in [0.2, 0.25) is 0 Å². The molecule has 7 heteroatoms. The smallest absolute Gasteiger partial charge is 0.545 e. The fourth-order valence-corrected chi connectivity index (χ4v) is 1.15. The predicted molar refractivity (Wildman–Crippen MR) is 79.4 cm³/mol. The summed E-state index contributed by atoms with van der Waals surface area (Å²) in [6.07, 6.45) is 0.722. The van der Waals surface area contributed by atoms with Crippen LogP contribution in [0.15, 0.2) is 73.3 Å². The largest absolute Gasteiger partial charge is 2.00 e. The number of carbonyl (C=O) groups excluding carboxylic acids is 2. The molecule has 0 saturated heterocycles. The van der Waals surface area contributed by atoms with Gasteiger partial charge in [-0.15, -0.1) is 0 Å². The first kappa shape index (κ1) is 23.5. The Hall–Kier alpha value is -2.79. The monoisotopic (exact) mass is 378 g/mol. The summed E-state index contributed by atoms with van der Waals surface area (Å²) in [4.78, 5) is 29.4. The van der Waals surface area contributed by atoms with Gasteiger partial charge in [0.2, 0.25) is 0 Å². The summed E-state index contributed by atoms with van der Waals surface area (Å²) in [5.74, 6) is -3.24. The molecule has 0 radical (unpaired) electrons. The number of carbonyl (C=O) groups is 3. The number of hydrogen-bond acceptors (Lipinski definition) is 5. The molecule has 0 aliphatic carbocycles. The molecule has 0 spiro atoms. The molecular weight excluding hydrogens is 366 g/mol. The van der Waals surface area contributed by atoms with Gasteiger partial charge in [0.25, 0.3) is 0 Å². The van der Waals surface area contributed by atoms with E-state index in [1.54, 1.807) is 48.5 Å². The van der Waals surface area contributed by atoms with Crippen LogP contribution in [0, 0.1) is 0 Å². The molecule has 24 heavy (non-hydrogen) atoms. The van der Waals surface area contributed by atoms with E-state index in [1.807, 2.05) is 0 Å². The van der Waals surface area contributed by atoms with E-state index in [4.69, 9.17) is 15.0 Å². The molecule has 0 unspecified atom stereocenters. The summed E-state index contributed by atoms with van der Waals surface area (Å²) < 4.78 is 0. The molecule has 0 fully saturated rings. The number of carboxylic acid groups (broad SMARTS) is 3. The molecule has 0 aliphatic rings. The van der Waals surface area contributed by atoms with Gasteiger partial charge in [0.15, 0.2) is 0 Å². The zero-order chi connectivity index (χ0) is 17.7. The van der Waals surface area contributed by atoms with Crippen LogP contribution >= 0.6 is 0 Å². The Morgan fingerprint density at radius 1 is 0.833 bits per heavy atom. The van der Waals surface area contributed by atoms with E-state index in [9.17, 15) is 14.7 Å². The quantitative estimate of drug-likeness (QED) is 0.607. The third-order valence-corrected chi connectivity index (χ3v) is 2.20. The number of benzene rings is 2. The maximum atomic E-state index is 10.2. The summed E-state index contributed by atoms with van der Waals surface area (Å²) >= 11 is 0. The van der Waals surface area contributed by atoms with Crippen molar-refractivity contribution >= 4 is 17.9 Å². The van der Waals surface area contributed by atoms with Crippen LogP contribution in [0.3, 0.4) is 0 Å². The van der Waals surface area contributed by atoms with Crippen LogP contribution in [-0.2, 0) is 24.3 Å². The summed E-state index contributed by atoms with van der Waals surface area (Å²) in [5.41, 5.74) is 0.551. The first-order valence-corrected chi connectivity index (χ1v) is 6.26. The standard InChI is InChI=1S/2C7H6O2.C3H4O2.Zn/c2*8-7(9)6-4-2-1-3-5-6;1-2-3(4)5;/h2*1-5H,(H,8,9);2H,1H2,(H,4,5);/q;;;+2/p-2. The fraction of sp³-hybridized carbons (Fsp3) is 0. The minimum absolute atomic E-state index is 0. The van der Waals surface area contributed by atoms with Crippen molar-refractivity contribution in [1.29, 1.82) is 0 Å². The van der Waals surface area contributed by atoms with Crippen LogP contribution in [0.25, 0.3) is 0 Å². The Bertz CT molecular complexity index is 591. The zero-order valence-electron chi connectivity index (χ0n) is 12.8. The van der Waals surface area contributed by atoms with Gasteiger partial charge in [-0.25, -0.2) is 4.79 Å². The molecule has 0 saturated carbocycles. The molecular formula is C17H14O6Zn. The third kappa shape index (κ3) is 11.8. The van der Waals surface area contributed by atoms with E-state index >= 15 is 0 Å². The average molecular weight is 380 g/mol. The van der Waals surface area contributed by atoms with Crippen molar-refractivity contribution in [3.63, 3.8) is 0 Å². The van der Waals surface area contributed by atoms with Crippen LogP contribution in [0.4, 0.5) is 0 Å². The molecule has 0 bridgehead atoms. The topological polar surface area (TPSA) is 118 Å².